The van der Waals surface area contributed by atoms with Crippen molar-refractivity contribution >= 4 is 5.78 Å². The van der Waals surface area contributed by atoms with Crippen molar-refractivity contribution in [2.24, 2.45) is 11.7 Å². The van der Waals surface area contributed by atoms with E-state index in [-0.39, 0.29) is 17.7 Å². The molecule has 0 spiro atoms. The number of Topliss-reactive ketones (excluding diaryl/α,β-unsaturated/α-hetero) is 1. The Kier molecular flexibility index (Phi) is 3.68. The van der Waals surface area contributed by atoms with Crippen LogP contribution in [0.25, 0.3) is 0 Å². The lowest BCUT2D eigenvalue weighted by molar-refractivity contribution is 0.0893. The second-order valence-electron chi connectivity index (χ2n) is 4.76. The Morgan fingerprint density at radius 2 is 2.11 bits per heavy atom. The van der Waals surface area contributed by atoms with E-state index in [1.54, 1.807) is 7.11 Å². The predicted molar refractivity (Wildman–Crippen MR) is 69.1 cm³/mol. The predicted octanol–water partition coefficient (Wildman–Crippen LogP) is 1.47. The molecule has 98 valence electrons. The highest BCUT2D eigenvalue weighted by atomic mass is 16.5. The van der Waals surface area contributed by atoms with Gasteiger partial charge in [-0.05, 0) is 31.0 Å². The second kappa shape index (κ2) is 5.08. The van der Waals surface area contributed by atoms with Crippen LogP contribution in [0.5, 0.6) is 5.75 Å². The van der Waals surface area contributed by atoms with Gasteiger partial charge in [-0.15, -0.1) is 0 Å². The van der Waals surface area contributed by atoms with E-state index in [9.17, 15) is 4.79 Å². The zero-order valence-corrected chi connectivity index (χ0v) is 11.0. The number of rotatable bonds is 3. The van der Waals surface area contributed by atoms with Crippen LogP contribution in [0.3, 0.4) is 0 Å². The van der Waals surface area contributed by atoms with E-state index < -0.39 is 0 Å². The number of ether oxygens (including phenoxy) is 2. The second-order valence-corrected chi connectivity index (χ2v) is 4.76. The minimum absolute atomic E-state index is 0.0138. The average Bonchev–Trinajstić information content (AvgIpc) is 2.78. The van der Waals surface area contributed by atoms with Crippen molar-refractivity contribution in [3.8, 4) is 5.75 Å². The molecule has 2 rings (SSSR count). The van der Waals surface area contributed by atoms with Crippen LogP contribution in [-0.2, 0) is 4.74 Å². The van der Waals surface area contributed by atoms with Crippen LogP contribution in [0.4, 0.5) is 0 Å². The molecular weight excluding hydrogens is 230 g/mol. The van der Waals surface area contributed by atoms with Crippen molar-refractivity contribution in [2.75, 3.05) is 20.3 Å². The number of methoxy groups -OCH3 is 1. The smallest absolute Gasteiger partial charge is 0.173 e. The molecular formula is C14H19NO3. The van der Waals surface area contributed by atoms with Gasteiger partial charge >= 0.3 is 0 Å². The molecule has 1 heterocycles. The van der Waals surface area contributed by atoms with Gasteiger partial charge in [0.2, 0.25) is 0 Å². The van der Waals surface area contributed by atoms with Crippen molar-refractivity contribution in [2.45, 2.75) is 19.9 Å². The minimum atomic E-state index is -0.263. The Bertz CT molecular complexity index is 470. The van der Waals surface area contributed by atoms with Gasteiger partial charge in [-0.3, -0.25) is 4.79 Å². The summed E-state index contributed by atoms with van der Waals surface area (Å²) < 4.78 is 10.6. The Labute approximate surface area is 107 Å². The van der Waals surface area contributed by atoms with Gasteiger partial charge < -0.3 is 15.2 Å². The summed E-state index contributed by atoms with van der Waals surface area (Å²) in [5, 5.41) is 0. The van der Waals surface area contributed by atoms with Gasteiger partial charge in [-0.25, -0.2) is 0 Å². The molecule has 4 nitrogen and oxygen atoms in total. The van der Waals surface area contributed by atoms with E-state index in [1.165, 1.54) is 0 Å². The summed E-state index contributed by atoms with van der Waals surface area (Å²) in [5.74, 6) is 0.403. The zero-order valence-electron chi connectivity index (χ0n) is 11.0. The Morgan fingerprint density at radius 1 is 1.39 bits per heavy atom. The molecule has 0 saturated carbocycles. The molecule has 1 aromatic rings. The quantitative estimate of drug-likeness (QED) is 0.824. The van der Waals surface area contributed by atoms with Gasteiger partial charge in [0.1, 0.15) is 5.75 Å². The highest BCUT2D eigenvalue weighted by molar-refractivity contribution is 6.01. The minimum Gasteiger partial charge on any atom is -0.496 e. The van der Waals surface area contributed by atoms with Crippen LogP contribution in [0.2, 0.25) is 0 Å². The molecule has 0 bridgehead atoms. The molecule has 1 aliphatic heterocycles. The van der Waals surface area contributed by atoms with Gasteiger partial charge in [-0.1, -0.05) is 6.07 Å². The topological polar surface area (TPSA) is 61.5 Å². The average molecular weight is 249 g/mol. The number of nitrogens with two attached hydrogens (primary N) is 1. The summed E-state index contributed by atoms with van der Waals surface area (Å²) in [6.07, 6.45) is 0. The molecule has 0 aliphatic carbocycles. The van der Waals surface area contributed by atoms with Crippen LogP contribution in [0.15, 0.2) is 12.1 Å². The highest BCUT2D eigenvalue weighted by Crippen LogP contribution is 2.29. The standard InChI is InChI=1S/C14H19NO3/c1-8-4-5-10(14(17-3)9(8)2)13(16)11-6-18-7-12(11)15/h4-5,11-12H,6-7,15H2,1-3H3. The molecule has 0 radical (unpaired) electrons. The molecule has 1 aromatic carbocycles. The lowest BCUT2D eigenvalue weighted by Gasteiger charge is -2.16. The summed E-state index contributed by atoms with van der Waals surface area (Å²) in [7, 11) is 1.59. The molecule has 0 amide bonds. The van der Waals surface area contributed by atoms with Crippen molar-refractivity contribution in [1.29, 1.82) is 0 Å². The van der Waals surface area contributed by atoms with Crippen LogP contribution < -0.4 is 10.5 Å². The summed E-state index contributed by atoms with van der Waals surface area (Å²) in [4.78, 5) is 12.5. The summed E-state index contributed by atoms with van der Waals surface area (Å²) in [6, 6.07) is 3.53. The van der Waals surface area contributed by atoms with E-state index in [4.69, 9.17) is 15.2 Å². The summed E-state index contributed by atoms with van der Waals surface area (Å²) in [6.45, 7) is 4.80. The number of ketones is 1. The molecule has 2 atom stereocenters. The van der Waals surface area contributed by atoms with Gasteiger partial charge in [0.15, 0.2) is 5.78 Å². The van der Waals surface area contributed by atoms with Gasteiger partial charge in [0, 0.05) is 6.04 Å². The number of carbonyl (C=O) groups excluding carboxylic acids is 1. The number of hydrogen-bond acceptors (Lipinski definition) is 4. The van der Waals surface area contributed by atoms with Crippen LogP contribution in [0, 0.1) is 19.8 Å². The van der Waals surface area contributed by atoms with E-state index in [0.717, 1.165) is 11.1 Å². The SMILES string of the molecule is COc1c(C(=O)C2COCC2N)ccc(C)c1C. The number of aryl methyl sites for hydroxylation is 1. The lowest BCUT2D eigenvalue weighted by Crippen LogP contribution is -2.34. The normalized spacial score (nSPS) is 23.1. The molecule has 2 N–H and O–H groups in total. The third kappa shape index (κ3) is 2.13. The van der Waals surface area contributed by atoms with Gasteiger partial charge in [0.05, 0.1) is 31.8 Å². The van der Waals surface area contributed by atoms with Crippen molar-refractivity contribution < 1.29 is 14.3 Å². The van der Waals surface area contributed by atoms with Crippen LogP contribution in [-0.4, -0.2) is 32.1 Å². The molecule has 1 fully saturated rings. The third-order valence-electron chi connectivity index (χ3n) is 3.61. The van der Waals surface area contributed by atoms with E-state index in [0.29, 0.717) is 24.5 Å². The maximum atomic E-state index is 12.5. The maximum Gasteiger partial charge on any atom is 0.173 e. The van der Waals surface area contributed by atoms with Gasteiger partial charge in [-0.2, -0.15) is 0 Å². The Morgan fingerprint density at radius 3 is 2.67 bits per heavy atom. The number of benzene rings is 1. The fourth-order valence-corrected chi connectivity index (χ4v) is 2.29. The summed E-state index contributed by atoms with van der Waals surface area (Å²) >= 11 is 0. The molecule has 2 unspecified atom stereocenters. The summed E-state index contributed by atoms with van der Waals surface area (Å²) in [5.41, 5.74) is 8.60. The highest BCUT2D eigenvalue weighted by Gasteiger charge is 2.33. The Hall–Kier alpha value is -1.39. The molecule has 0 aromatic heterocycles. The number of hydrogen-bond donors (Lipinski definition) is 1. The largest absolute Gasteiger partial charge is 0.496 e. The first-order valence-corrected chi connectivity index (χ1v) is 6.08. The first kappa shape index (κ1) is 13.1. The first-order valence-electron chi connectivity index (χ1n) is 6.08. The maximum absolute atomic E-state index is 12.5. The molecule has 1 aliphatic rings. The van der Waals surface area contributed by atoms with Crippen molar-refractivity contribution in [3.05, 3.63) is 28.8 Å². The Balaban J connectivity index is 2.39. The first-order chi connectivity index (χ1) is 8.56. The monoisotopic (exact) mass is 249 g/mol. The van der Waals surface area contributed by atoms with Gasteiger partial charge in [0.25, 0.3) is 0 Å². The number of carbonyl (C=O) groups is 1. The fraction of sp³-hybridized carbons (Fsp3) is 0.500. The van der Waals surface area contributed by atoms with Crippen molar-refractivity contribution in [1.82, 2.24) is 0 Å². The van der Waals surface area contributed by atoms with Crippen molar-refractivity contribution in [3.63, 3.8) is 0 Å². The molecule has 4 heteroatoms. The van der Waals surface area contributed by atoms with E-state index in [2.05, 4.69) is 0 Å². The fourth-order valence-electron chi connectivity index (χ4n) is 2.29. The van der Waals surface area contributed by atoms with E-state index >= 15 is 0 Å². The van der Waals surface area contributed by atoms with E-state index in [1.807, 2.05) is 26.0 Å². The third-order valence-corrected chi connectivity index (χ3v) is 3.61. The van der Waals surface area contributed by atoms with Crippen LogP contribution >= 0.6 is 0 Å². The lowest BCUT2D eigenvalue weighted by atomic mass is 9.91. The zero-order chi connectivity index (χ0) is 13.3. The van der Waals surface area contributed by atoms with Crippen LogP contribution in [0.1, 0.15) is 21.5 Å². The molecule has 18 heavy (non-hydrogen) atoms. The molecule has 1 saturated heterocycles.